The molecule has 2 heterocycles. The Bertz CT molecular complexity index is 729. The Hall–Kier alpha value is -1.45. The quantitative estimate of drug-likeness (QED) is 0.610. The topological polar surface area (TPSA) is 12.9 Å². The number of thiophene rings is 1. The van der Waals surface area contributed by atoms with Gasteiger partial charge in [-0.3, -0.25) is 0 Å². The van der Waals surface area contributed by atoms with E-state index in [4.69, 9.17) is 0 Å². The van der Waals surface area contributed by atoms with Crippen molar-refractivity contribution >= 4 is 45.0 Å². The zero-order valence-corrected chi connectivity index (χ0v) is 12.9. The summed E-state index contributed by atoms with van der Waals surface area (Å²) in [5.41, 5.74) is 3.89. The molecule has 0 saturated carbocycles. The first-order valence-electron chi connectivity index (χ1n) is 6.25. The molecule has 96 valence electrons. The monoisotopic (exact) mass is 285 g/mol. The fourth-order valence-corrected chi connectivity index (χ4v) is 3.98. The van der Waals surface area contributed by atoms with Gasteiger partial charge in [-0.1, -0.05) is 12.1 Å². The van der Waals surface area contributed by atoms with Crippen LogP contribution in [0.15, 0.2) is 24.3 Å². The van der Waals surface area contributed by atoms with Crippen molar-refractivity contribution in [3.05, 3.63) is 50.2 Å². The van der Waals surface area contributed by atoms with Crippen LogP contribution in [-0.4, -0.2) is 4.98 Å². The highest BCUT2D eigenvalue weighted by Gasteiger charge is 2.06. The number of fused-ring (bicyclic) bond motifs is 1. The Kier molecular flexibility index (Phi) is 3.25. The molecule has 0 aliphatic rings. The molecule has 0 amide bonds. The van der Waals surface area contributed by atoms with Gasteiger partial charge in [0.1, 0.15) is 5.01 Å². The van der Waals surface area contributed by atoms with E-state index in [0.717, 1.165) is 10.5 Å². The minimum absolute atomic E-state index is 1.07. The van der Waals surface area contributed by atoms with E-state index in [0.29, 0.717) is 0 Å². The minimum Gasteiger partial charge on any atom is -0.237 e. The van der Waals surface area contributed by atoms with E-state index >= 15 is 0 Å². The molecule has 1 nitrogen and oxygen atoms in total. The molecule has 2 aromatic heterocycles. The SMILES string of the molecule is Cc1sc(/C=C/c2nc3ccccc3s2)c(C)c1C. The number of aryl methyl sites for hydroxylation is 1. The van der Waals surface area contributed by atoms with Crippen LogP contribution >= 0.6 is 22.7 Å². The molecule has 0 unspecified atom stereocenters. The maximum Gasteiger partial charge on any atom is 0.117 e. The van der Waals surface area contributed by atoms with Crippen molar-refractivity contribution in [3.63, 3.8) is 0 Å². The highest BCUT2D eigenvalue weighted by atomic mass is 32.1. The first-order valence-corrected chi connectivity index (χ1v) is 7.88. The van der Waals surface area contributed by atoms with Crippen molar-refractivity contribution in [2.24, 2.45) is 0 Å². The van der Waals surface area contributed by atoms with Crippen LogP contribution < -0.4 is 0 Å². The van der Waals surface area contributed by atoms with Gasteiger partial charge in [-0.05, 0) is 56.2 Å². The fraction of sp³-hybridized carbons (Fsp3) is 0.188. The molecule has 3 aromatic rings. The van der Waals surface area contributed by atoms with Crippen LogP contribution in [0.25, 0.3) is 22.4 Å². The Morgan fingerprint density at radius 1 is 0.947 bits per heavy atom. The lowest BCUT2D eigenvalue weighted by molar-refractivity contribution is 1.34. The zero-order valence-electron chi connectivity index (χ0n) is 11.2. The van der Waals surface area contributed by atoms with Gasteiger partial charge in [0.05, 0.1) is 10.2 Å². The van der Waals surface area contributed by atoms with Gasteiger partial charge in [0.15, 0.2) is 0 Å². The van der Waals surface area contributed by atoms with Crippen molar-refractivity contribution in [1.29, 1.82) is 0 Å². The largest absolute Gasteiger partial charge is 0.237 e. The fourth-order valence-electron chi connectivity index (χ4n) is 2.03. The molecule has 1 aromatic carbocycles. The number of benzene rings is 1. The lowest BCUT2D eigenvalue weighted by atomic mass is 10.1. The maximum absolute atomic E-state index is 4.62. The molecule has 0 spiro atoms. The minimum atomic E-state index is 1.07. The molecule has 19 heavy (non-hydrogen) atoms. The van der Waals surface area contributed by atoms with E-state index in [2.05, 4.69) is 56.1 Å². The van der Waals surface area contributed by atoms with Gasteiger partial charge in [-0.25, -0.2) is 4.98 Å². The second kappa shape index (κ2) is 4.91. The van der Waals surface area contributed by atoms with E-state index in [1.54, 1.807) is 11.3 Å². The predicted molar refractivity (Wildman–Crippen MR) is 87.1 cm³/mol. The molecule has 0 fully saturated rings. The van der Waals surface area contributed by atoms with Crippen LogP contribution in [0.1, 0.15) is 25.9 Å². The van der Waals surface area contributed by atoms with Crippen molar-refractivity contribution < 1.29 is 0 Å². The zero-order chi connectivity index (χ0) is 13.4. The lowest BCUT2D eigenvalue weighted by Gasteiger charge is -1.91. The number of hydrogen-bond acceptors (Lipinski definition) is 3. The summed E-state index contributed by atoms with van der Waals surface area (Å²) in [7, 11) is 0. The Morgan fingerprint density at radius 3 is 2.42 bits per heavy atom. The van der Waals surface area contributed by atoms with Crippen LogP contribution in [0, 0.1) is 20.8 Å². The second-order valence-corrected chi connectivity index (χ2v) is 6.94. The van der Waals surface area contributed by atoms with Gasteiger partial charge >= 0.3 is 0 Å². The van der Waals surface area contributed by atoms with Gasteiger partial charge in [0.25, 0.3) is 0 Å². The van der Waals surface area contributed by atoms with Crippen molar-refractivity contribution in [2.75, 3.05) is 0 Å². The van der Waals surface area contributed by atoms with E-state index in [9.17, 15) is 0 Å². The molecule has 0 radical (unpaired) electrons. The number of para-hydroxylation sites is 1. The summed E-state index contributed by atoms with van der Waals surface area (Å²) < 4.78 is 1.25. The Labute approximate surface area is 121 Å². The third-order valence-corrected chi connectivity index (χ3v) is 5.69. The van der Waals surface area contributed by atoms with Crippen molar-refractivity contribution in [2.45, 2.75) is 20.8 Å². The summed E-state index contributed by atoms with van der Waals surface area (Å²) in [4.78, 5) is 7.37. The molecule has 0 N–H and O–H groups in total. The molecule has 3 heteroatoms. The normalized spacial score (nSPS) is 11.7. The predicted octanol–water partition coefficient (Wildman–Crippen LogP) is 5.45. The van der Waals surface area contributed by atoms with E-state index < -0.39 is 0 Å². The van der Waals surface area contributed by atoms with Crippen LogP contribution in [0.4, 0.5) is 0 Å². The maximum atomic E-state index is 4.62. The number of thiazole rings is 1. The van der Waals surface area contributed by atoms with Crippen molar-refractivity contribution in [1.82, 2.24) is 4.98 Å². The van der Waals surface area contributed by atoms with Gasteiger partial charge < -0.3 is 0 Å². The van der Waals surface area contributed by atoms with E-state index in [1.165, 1.54) is 25.6 Å². The van der Waals surface area contributed by atoms with Crippen LogP contribution in [0.3, 0.4) is 0 Å². The summed E-state index contributed by atoms with van der Waals surface area (Å²) in [6.07, 6.45) is 4.32. The van der Waals surface area contributed by atoms with E-state index in [1.807, 2.05) is 17.4 Å². The number of nitrogens with zero attached hydrogens (tertiary/aromatic N) is 1. The number of rotatable bonds is 2. The average molecular weight is 285 g/mol. The first-order chi connectivity index (χ1) is 9.15. The second-order valence-electron chi connectivity index (χ2n) is 4.63. The average Bonchev–Trinajstić information content (AvgIpc) is 2.93. The van der Waals surface area contributed by atoms with Gasteiger partial charge in [-0.15, -0.1) is 22.7 Å². The number of hydrogen-bond donors (Lipinski definition) is 0. The Morgan fingerprint density at radius 2 is 1.74 bits per heavy atom. The van der Waals surface area contributed by atoms with Crippen molar-refractivity contribution in [3.8, 4) is 0 Å². The van der Waals surface area contributed by atoms with Crippen LogP contribution in [-0.2, 0) is 0 Å². The number of aromatic nitrogens is 1. The highest BCUT2D eigenvalue weighted by molar-refractivity contribution is 7.19. The molecule has 0 aliphatic carbocycles. The standard InChI is InChI=1S/C16H15NS2/c1-10-11(2)14(18-12(10)3)8-9-16-17-13-6-4-5-7-15(13)19-16/h4-9H,1-3H3/b9-8+. The summed E-state index contributed by atoms with van der Waals surface area (Å²) in [5, 5.41) is 1.07. The third kappa shape index (κ3) is 2.36. The molecule has 0 saturated heterocycles. The van der Waals surface area contributed by atoms with Gasteiger partial charge in [0.2, 0.25) is 0 Å². The summed E-state index contributed by atoms with van der Waals surface area (Å²) in [5.74, 6) is 0. The van der Waals surface area contributed by atoms with Gasteiger partial charge in [-0.2, -0.15) is 0 Å². The Balaban J connectivity index is 1.95. The summed E-state index contributed by atoms with van der Waals surface area (Å²) in [6, 6.07) is 8.28. The molecular formula is C16H15NS2. The summed E-state index contributed by atoms with van der Waals surface area (Å²) in [6.45, 7) is 6.56. The third-order valence-electron chi connectivity index (χ3n) is 3.41. The summed E-state index contributed by atoms with van der Waals surface area (Å²) >= 11 is 3.60. The molecule has 0 aliphatic heterocycles. The molecule has 0 atom stereocenters. The molecule has 3 rings (SSSR count). The van der Waals surface area contributed by atoms with Gasteiger partial charge in [0, 0.05) is 9.75 Å². The highest BCUT2D eigenvalue weighted by Crippen LogP contribution is 2.29. The van der Waals surface area contributed by atoms with Crippen LogP contribution in [0.2, 0.25) is 0 Å². The lowest BCUT2D eigenvalue weighted by Crippen LogP contribution is -1.75. The molecule has 0 bridgehead atoms. The molecular weight excluding hydrogens is 270 g/mol. The van der Waals surface area contributed by atoms with Crippen LogP contribution in [0.5, 0.6) is 0 Å². The first kappa shape index (κ1) is 12.6. The smallest absolute Gasteiger partial charge is 0.117 e. The van der Waals surface area contributed by atoms with E-state index in [-0.39, 0.29) is 0 Å².